The summed E-state index contributed by atoms with van der Waals surface area (Å²) in [5, 5.41) is 0.777. The summed E-state index contributed by atoms with van der Waals surface area (Å²) in [5.41, 5.74) is 8.40. The predicted molar refractivity (Wildman–Crippen MR) is 106 cm³/mol. The van der Waals surface area contributed by atoms with Crippen molar-refractivity contribution in [3.8, 4) is 5.69 Å². The van der Waals surface area contributed by atoms with Crippen molar-refractivity contribution in [1.29, 1.82) is 0 Å². The molecule has 3 aromatic rings. The lowest BCUT2D eigenvalue weighted by atomic mass is 10.2. The Hall–Kier alpha value is -2.12. The molecule has 2 N–H and O–H groups in total. The molecule has 7 heteroatoms. The molecule has 5 nitrogen and oxygen atoms in total. The third-order valence-electron chi connectivity index (χ3n) is 4.68. The topological polar surface area (TPSA) is 78.0 Å². The Labute approximate surface area is 159 Å². The number of primary amides is 1. The lowest BCUT2D eigenvalue weighted by molar-refractivity contribution is -0.117. The van der Waals surface area contributed by atoms with Gasteiger partial charge in [0.1, 0.15) is 4.83 Å². The molecule has 1 amide bonds. The van der Waals surface area contributed by atoms with E-state index in [-0.39, 0.29) is 5.56 Å². The number of nitrogens with zero attached hydrogens (tertiary/aromatic N) is 2. The number of aromatic nitrogens is 2. The van der Waals surface area contributed by atoms with Crippen molar-refractivity contribution in [3.05, 3.63) is 50.6 Å². The second kappa shape index (κ2) is 6.55. The average molecular weight is 386 g/mol. The van der Waals surface area contributed by atoms with Crippen molar-refractivity contribution in [3.63, 3.8) is 0 Å². The predicted octanol–water partition coefficient (Wildman–Crippen LogP) is 3.21. The second-order valence-electron chi connectivity index (χ2n) is 6.57. The molecule has 0 bridgehead atoms. The van der Waals surface area contributed by atoms with E-state index in [4.69, 9.17) is 10.7 Å². The van der Waals surface area contributed by atoms with Crippen LogP contribution in [0, 0.1) is 6.92 Å². The van der Waals surface area contributed by atoms with Crippen LogP contribution < -0.4 is 11.3 Å². The summed E-state index contributed by atoms with van der Waals surface area (Å²) in [6.45, 7) is 3.74. The molecular formula is C19H19N3O2S2. The number of thiophene rings is 1. The first-order valence-corrected chi connectivity index (χ1v) is 10.3. The highest BCUT2D eigenvalue weighted by atomic mass is 32.2. The number of benzene rings is 1. The number of nitrogens with two attached hydrogens (primary N) is 1. The number of hydrogen-bond donors (Lipinski definition) is 1. The first kappa shape index (κ1) is 17.3. The van der Waals surface area contributed by atoms with Crippen molar-refractivity contribution in [2.24, 2.45) is 5.73 Å². The van der Waals surface area contributed by atoms with Crippen LogP contribution in [0.4, 0.5) is 0 Å². The molecule has 26 heavy (non-hydrogen) atoms. The van der Waals surface area contributed by atoms with Gasteiger partial charge in [-0.3, -0.25) is 14.2 Å². The molecule has 2 aromatic heterocycles. The van der Waals surface area contributed by atoms with Gasteiger partial charge in [-0.15, -0.1) is 11.3 Å². The van der Waals surface area contributed by atoms with E-state index in [0.29, 0.717) is 5.16 Å². The fourth-order valence-corrected chi connectivity index (χ4v) is 5.42. The molecule has 1 aromatic carbocycles. The highest BCUT2D eigenvalue weighted by Gasteiger charge is 2.25. The van der Waals surface area contributed by atoms with Crippen LogP contribution in [-0.2, 0) is 17.6 Å². The minimum atomic E-state index is -0.470. The van der Waals surface area contributed by atoms with E-state index in [1.165, 1.54) is 16.6 Å². The van der Waals surface area contributed by atoms with Gasteiger partial charge in [-0.05, 0) is 50.8 Å². The Morgan fingerprint density at radius 2 is 2.04 bits per heavy atom. The van der Waals surface area contributed by atoms with Crippen LogP contribution in [0.5, 0.6) is 0 Å². The van der Waals surface area contributed by atoms with Gasteiger partial charge in [-0.1, -0.05) is 29.5 Å². The fraction of sp³-hybridized carbons (Fsp3) is 0.316. The number of hydrogen-bond acceptors (Lipinski definition) is 5. The monoisotopic (exact) mass is 385 g/mol. The SMILES string of the molecule is Cc1ccc(-n2c(S[C@H](C)C(N)=O)nc3sc4c(c3c2=O)CCC4)cc1. The maximum absolute atomic E-state index is 13.4. The maximum Gasteiger partial charge on any atom is 0.267 e. The lowest BCUT2D eigenvalue weighted by Crippen LogP contribution is -2.26. The van der Waals surface area contributed by atoms with Crippen molar-refractivity contribution < 1.29 is 4.79 Å². The molecule has 0 unspecified atom stereocenters. The Kier molecular flexibility index (Phi) is 4.36. The molecule has 0 saturated heterocycles. The van der Waals surface area contributed by atoms with E-state index < -0.39 is 11.2 Å². The van der Waals surface area contributed by atoms with E-state index in [1.54, 1.807) is 22.8 Å². The summed E-state index contributed by atoms with van der Waals surface area (Å²) in [6.07, 6.45) is 3.04. The first-order chi connectivity index (χ1) is 12.5. The molecule has 1 atom stereocenters. The van der Waals surface area contributed by atoms with Gasteiger partial charge in [0, 0.05) is 4.88 Å². The zero-order valence-electron chi connectivity index (χ0n) is 14.6. The molecule has 4 rings (SSSR count). The normalized spacial score (nSPS) is 14.5. The molecule has 2 heterocycles. The number of fused-ring (bicyclic) bond motifs is 3. The van der Waals surface area contributed by atoms with Crippen LogP contribution in [0.25, 0.3) is 15.9 Å². The number of carbonyl (C=O) groups excluding carboxylic acids is 1. The van der Waals surface area contributed by atoms with E-state index in [0.717, 1.165) is 46.3 Å². The Bertz CT molecular complexity index is 1070. The van der Waals surface area contributed by atoms with Crippen LogP contribution in [0.3, 0.4) is 0 Å². The molecule has 0 spiro atoms. The van der Waals surface area contributed by atoms with Crippen molar-refractivity contribution in [1.82, 2.24) is 9.55 Å². The number of aryl methyl sites for hydroxylation is 3. The van der Waals surface area contributed by atoms with E-state index >= 15 is 0 Å². The third kappa shape index (κ3) is 2.85. The maximum atomic E-state index is 13.4. The van der Waals surface area contributed by atoms with Gasteiger partial charge in [-0.25, -0.2) is 4.98 Å². The van der Waals surface area contributed by atoms with Gasteiger partial charge in [0.2, 0.25) is 5.91 Å². The largest absolute Gasteiger partial charge is 0.369 e. The first-order valence-electron chi connectivity index (χ1n) is 8.56. The van der Waals surface area contributed by atoms with Crippen molar-refractivity contribution in [2.45, 2.75) is 43.5 Å². The smallest absolute Gasteiger partial charge is 0.267 e. The molecule has 0 radical (unpaired) electrons. The molecule has 0 aliphatic heterocycles. The van der Waals surface area contributed by atoms with Crippen LogP contribution in [0.1, 0.15) is 29.3 Å². The van der Waals surface area contributed by atoms with Crippen molar-refractivity contribution >= 4 is 39.2 Å². The second-order valence-corrected chi connectivity index (χ2v) is 8.96. The van der Waals surface area contributed by atoms with Crippen molar-refractivity contribution in [2.75, 3.05) is 0 Å². The standard InChI is InChI=1S/C19H19N3O2S2/c1-10-6-8-12(9-7-10)22-18(24)15-13-4-3-5-14(13)26-17(15)21-19(22)25-11(2)16(20)23/h6-9,11H,3-5H2,1-2H3,(H2,20,23)/t11-/m1/s1. The molecule has 134 valence electrons. The van der Waals surface area contributed by atoms with E-state index in [1.807, 2.05) is 31.2 Å². The van der Waals surface area contributed by atoms with Crippen LogP contribution in [0.2, 0.25) is 0 Å². The van der Waals surface area contributed by atoms with Gasteiger partial charge in [0.05, 0.1) is 16.3 Å². The van der Waals surface area contributed by atoms with Gasteiger partial charge in [0.15, 0.2) is 5.16 Å². The summed E-state index contributed by atoms with van der Waals surface area (Å²) >= 11 is 2.83. The minimum Gasteiger partial charge on any atom is -0.369 e. The summed E-state index contributed by atoms with van der Waals surface area (Å²) in [6, 6.07) is 7.76. The zero-order valence-corrected chi connectivity index (χ0v) is 16.2. The summed E-state index contributed by atoms with van der Waals surface area (Å²) in [4.78, 5) is 31.7. The minimum absolute atomic E-state index is 0.0579. The van der Waals surface area contributed by atoms with Gasteiger partial charge >= 0.3 is 0 Å². The zero-order chi connectivity index (χ0) is 18.4. The quantitative estimate of drug-likeness (QED) is 0.553. The van der Waals surface area contributed by atoms with Crippen LogP contribution in [-0.4, -0.2) is 20.7 Å². The number of amides is 1. The Balaban J connectivity index is 1.98. The Morgan fingerprint density at radius 3 is 2.73 bits per heavy atom. The number of carbonyl (C=O) groups is 1. The molecule has 0 saturated carbocycles. The highest BCUT2D eigenvalue weighted by Crippen LogP contribution is 2.36. The summed E-state index contributed by atoms with van der Waals surface area (Å²) in [5.74, 6) is -0.423. The number of rotatable bonds is 4. The summed E-state index contributed by atoms with van der Waals surface area (Å²) in [7, 11) is 0. The molecule has 1 aliphatic carbocycles. The fourth-order valence-electron chi connectivity index (χ4n) is 3.24. The number of thioether (sulfide) groups is 1. The summed E-state index contributed by atoms with van der Waals surface area (Å²) < 4.78 is 1.62. The molecule has 0 fully saturated rings. The van der Waals surface area contributed by atoms with E-state index in [2.05, 4.69) is 0 Å². The van der Waals surface area contributed by atoms with E-state index in [9.17, 15) is 9.59 Å². The van der Waals surface area contributed by atoms with Crippen LogP contribution in [0.15, 0.2) is 34.2 Å². The average Bonchev–Trinajstić information content (AvgIpc) is 3.16. The van der Waals surface area contributed by atoms with Gasteiger partial charge < -0.3 is 5.73 Å². The highest BCUT2D eigenvalue weighted by molar-refractivity contribution is 8.00. The third-order valence-corrected chi connectivity index (χ3v) is 6.94. The molecule has 1 aliphatic rings. The lowest BCUT2D eigenvalue weighted by Gasteiger charge is -2.14. The van der Waals surface area contributed by atoms with Crippen LogP contribution >= 0.6 is 23.1 Å². The molecular weight excluding hydrogens is 366 g/mol. The van der Waals surface area contributed by atoms with Gasteiger partial charge in [-0.2, -0.15) is 0 Å². The Morgan fingerprint density at radius 1 is 1.31 bits per heavy atom. The van der Waals surface area contributed by atoms with Gasteiger partial charge in [0.25, 0.3) is 5.56 Å².